The number of carbonyl (C=O) groups is 2. The number of thioether (sulfide) groups is 1. The van der Waals surface area contributed by atoms with Crippen LogP contribution in [0.1, 0.15) is 20.8 Å². The van der Waals surface area contributed by atoms with Gasteiger partial charge in [-0.15, -0.1) is 11.8 Å². The Morgan fingerprint density at radius 2 is 2.00 bits per heavy atom. The number of halogens is 1. The van der Waals surface area contributed by atoms with Crippen molar-refractivity contribution in [1.82, 2.24) is 5.32 Å². The zero-order valence-electron chi connectivity index (χ0n) is 13.3. The second kappa shape index (κ2) is 8.53. The molecule has 1 N–H and O–H groups in total. The molecule has 0 radical (unpaired) electrons. The van der Waals surface area contributed by atoms with Gasteiger partial charge in [-0.25, -0.2) is 4.39 Å². The third kappa shape index (κ3) is 6.28. The minimum atomic E-state index is -1.01. The lowest BCUT2D eigenvalue weighted by Gasteiger charge is -2.27. The maximum atomic E-state index is 12.7. The summed E-state index contributed by atoms with van der Waals surface area (Å²) in [5.74, 6) is -1.50. The van der Waals surface area contributed by atoms with Crippen LogP contribution in [0, 0.1) is 23.1 Å². The van der Waals surface area contributed by atoms with E-state index in [0.717, 1.165) is 4.90 Å². The summed E-state index contributed by atoms with van der Waals surface area (Å²) in [6.45, 7) is 4.80. The van der Waals surface area contributed by atoms with Crippen molar-refractivity contribution in [3.8, 4) is 6.07 Å². The number of amides is 1. The van der Waals surface area contributed by atoms with Crippen LogP contribution < -0.4 is 5.32 Å². The Bertz CT molecular complexity index is 598. The molecular formula is C16H19FN2O3S. The Morgan fingerprint density at radius 1 is 1.39 bits per heavy atom. The van der Waals surface area contributed by atoms with Gasteiger partial charge in [0.15, 0.2) is 6.61 Å². The molecule has 0 aromatic heterocycles. The number of nitrogens with one attached hydrogen (secondary N) is 1. The van der Waals surface area contributed by atoms with E-state index in [0.29, 0.717) is 0 Å². The standard InChI is InChI=1S/C16H19FN2O3S/c1-11(2)16(3,10-18)19-14(20)8-22-15(21)9-23-13-6-4-12(17)5-7-13/h4-7,11H,8-9H2,1-3H3,(H,19,20)/t16-/m0/s1. The largest absolute Gasteiger partial charge is 0.455 e. The summed E-state index contributed by atoms with van der Waals surface area (Å²) < 4.78 is 17.6. The molecule has 1 rings (SSSR count). The molecule has 0 saturated carbocycles. The van der Waals surface area contributed by atoms with E-state index in [9.17, 15) is 14.0 Å². The first kappa shape index (κ1) is 19.0. The second-order valence-corrected chi connectivity index (χ2v) is 6.47. The highest BCUT2D eigenvalue weighted by Gasteiger charge is 2.30. The molecule has 1 amide bonds. The van der Waals surface area contributed by atoms with E-state index in [1.165, 1.54) is 23.9 Å². The van der Waals surface area contributed by atoms with Gasteiger partial charge in [0, 0.05) is 4.90 Å². The van der Waals surface area contributed by atoms with Crippen LogP contribution in [0.25, 0.3) is 0 Å². The highest BCUT2D eigenvalue weighted by molar-refractivity contribution is 8.00. The first-order valence-electron chi connectivity index (χ1n) is 7.03. The molecule has 0 heterocycles. The van der Waals surface area contributed by atoms with E-state index in [-0.39, 0.29) is 17.5 Å². The lowest BCUT2D eigenvalue weighted by Crippen LogP contribution is -2.50. The van der Waals surface area contributed by atoms with Crippen LogP contribution >= 0.6 is 11.8 Å². The Labute approximate surface area is 139 Å². The molecule has 0 bridgehead atoms. The Hall–Kier alpha value is -2.07. The molecule has 1 aromatic carbocycles. The molecule has 0 aliphatic carbocycles. The van der Waals surface area contributed by atoms with E-state index in [4.69, 9.17) is 10.00 Å². The fraction of sp³-hybridized carbons (Fsp3) is 0.438. The molecule has 1 atom stereocenters. The van der Waals surface area contributed by atoms with Gasteiger partial charge in [-0.3, -0.25) is 9.59 Å². The summed E-state index contributed by atoms with van der Waals surface area (Å²) in [7, 11) is 0. The SMILES string of the molecule is CC(C)[C@](C)(C#N)NC(=O)COC(=O)CSc1ccc(F)cc1. The van der Waals surface area contributed by atoms with Gasteiger partial charge in [0.25, 0.3) is 5.91 Å². The molecule has 0 fully saturated rings. The van der Waals surface area contributed by atoms with Crippen LogP contribution in [0.2, 0.25) is 0 Å². The Kier molecular flexibility index (Phi) is 7.04. The third-order valence-corrected chi connectivity index (χ3v) is 4.31. The number of esters is 1. The van der Waals surface area contributed by atoms with Crippen LogP contribution in [-0.2, 0) is 14.3 Å². The molecule has 23 heavy (non-hydrogen) atoms. The molecule has 0 aliphatic rings. The average Bonchev–Trinajstić information content (AvgIpc) is 2.52. The van der Waals surface area contributed by atoms with Crippen molar-refractivity contribution in [2.24, 2.45) is 5.92 Å². The van der Waals surface area contributed by atoms with Crippen molar-refractivity contribution in [1.29, 1.82) is 5.26 Å². The Morgan fingerprint density at radius 3 is 2.52 bits per heavy atom. The van der Waals surface area contributed by atoms with Gasteiger partial charge in [0.1, 0.15) is 11.4 Å². The van der Waals surface area contributed by atoms with E-state index < -0.39 is 24.0 Å². The van der Waals surface area contributed by atoms with Crippen molar-refractivity contribution in [3.63, 3.8) is 0 Å². The normalized spacial score (nSPS) is 13.0. The van der Waals surface area contributed by atoms with Crippen LogP contribution in [0.5, 0.6) is 0 Å². The summed E-state index contributed by atoms with van der Waals surface area (Å²) in [4.78, 5) is 24.1. The molecule has 0 saturated heterocycles. The first-order valence-corrected chi connectivity index (χ1v) is 8.01. The van der Waals surface area contributed by atoms with E-state index in [2.05, 4.69) is 5.32 Å². The van der Waals surface area contributed by atoms with Crippen LogP contribution in [0.15, 0.2) is 29.2 Å². The molecular weight excluding hydrogens is 319 g/mol. The zero-order valence-corrected chi connectivity index (χ0v) is 14.1. The summed E-state index contributed by atoms with van der Waals surface area (Å²) in [6, 6.07) is 7.76. The van der Waals surface area contributed by atoms with Crippen LogP contribution in [0.3, 0.4) is 0 Å². The van der Waals surface area contributed by atoms with Gasteiger partial charge in [-0.05, 0) is 37.1 Å². The predicted octanol–water partition coefficient (Wildman–Crippen LogP) is 2.52. The number of rotatable bonds is 7. The van der Waals surface area contributed by atoms with Gasteiger partial charge in [-0.1, -0.05) is 13.8 Å². The maximum absolute atomic E-state index is 12.7. The van der Waals surface area contributed by atoms with Gasteiger partial charge in [0.2, 0.25) is 0 Å². The fourth-order valence-corrected chi connectivity index (χ4v) is 2.18. The van der Waals surface area contributed by atoms with Crippen molar-refractivity contribution >= 4 is 23.6 Å². The van der Waals surface area contributed by atoms with Gasteiger partial charge in [0.05, 0.1) is 11.8 Å². The lowest BCUT2D eigenvalue weighted by atomic mass is 9.90. The number of carbonyl (C=O) groups excluding carboxylic acids is 2. The summed E-state index contributed by atoms with van der Waals surface area (Å²) in [5, 5.41) is 11.7. The molecule has 0 spiro atoms. The maximum Gasteiger partial charge on any atom is 0.316 e. The van der Waals surface area contributed by atoms with E-state index in [1.54, 1.807) is 19.1 Å². The number of benzene rings is 1. The predicted molar refractivity (Wildman–Crippen MR) is 85.1 cm³/mol. The number of hydrogen-bond acceptors (Lipinski definition) is 5. The molecule has 1 aromatic rings. The summed E-state index contributed by atoms with van der Waals surface area (Å²) in [5.41, 5.74) is -1.01. The molecule has 124 valence electrons. The van der Waals surface area contributed by atoms with E-state index >= 15 is 0 Å². The van der Waals surface area contributed by atoms with E-state index in [1.807, 2.05) is 19.9 Å². The number of ether oxygens (including phenoxy) is 1. The first-order chi connectivity index (χ1) is 10.8. The van der Waals surface area contributed by atoms with Crippen molar-refractivity contribution < 1.29 is 18.7 Å². The number of nitriles is 1. The molecule has 0 unspecified atom stereocenters. The van der Waals surface area contributed by atoms with Gasteiger partial charge in [-0.2, -0.15) is 5.26 Å². The number of nitrogens with zero attached hydrogens (tertiary/aromatic N) is 1. The minimum absolute atomic E-state index is 0.0125. The molecule has 0 aliphatic heterocycles. The van der Waals surface area contributed by atoms with Crippen LogP contribution in [0.4, 0.5) is 4.39 Å². The van der Waals surface area contributed by atoms with Crippen molar-refractivity contribution in [3.05, 3.63) is 30.1 Å². The third-order valence-electron chi connectivity index (χ3n) is 3.32. The summed E-state index contributed by atoms with van der Waals surface area (Å²) in [6.07, 6.45) is 0. The van der Waals surface area contributed by atoms with Crippen LogP contribution in [-0.4, -0.2) is 29.8 Å². The van der Waals surface area contributed by atoms with Crippen molar-refractivity contribution in [2.75, 3.05) is 12.4 Å². The quantitative estimate of drug-likeness (QED) is 0.610. The van der Waals surface area contributed by atoms with Gasteiger partial charge >= 0.3 is 5.97 Å². The monoisotopic (exact) mass is 338 g/mol. The van der Waals surface area contributed by atoms with Crippen molar-refractivity contribution in [2.45, 2.75) is 31.2 Å². The fourth-order valence-electron chi connectivity index (χ4n) is 1.49. The molecule has 7 heteroatoms. The topological polar surface area (TPSA) is 79.2 Å². The smallest absolute Gasteiger partial charge is 0.316 e. The number of hydrogen-bond donors (Lipinski definition) is 1. The molecule has 5 nitrogen and oxygen atoms in total. The van der Waals surface area contributed by atoms with Gasteiger partial charge < -0.3 is 10.1 Å². The second-order valence-electron chi connectivity index (χ2n) is 5.42. The Balaban J connectivity index is 2.37. The lowest BCUT2D eigenvalue weighted by molar-refractivity contribution is -0.146. The summed E-state index contributed by atoms with van der Waals surface area (Å²) >= 11 is 1.19. The minimum Gasteiger partial charge on any atom is -0.455 e. The zero-order chi connectivity index (χ0) is 17.5. The highest BCUT2D eigenvalue weighted by atomic mass is 32.2. The highest BCUT2D eigenvalue weighted by Crippen LogP contribution is 2.18. The average molecular weight is 338 g/mol.